The van der Waals surface area contributed by atoms with Gasteiger partial charge in [-0.05, 0) is 55.7 Å². The summed E-state index contributed by atoms with van der Waals surface area (Å²) in [6.07, 6.45) is 7.51. The van der Waals surface area contributed by atoms with Crippen LogP contribution in [0.15, 0.2) is 49.1 Å². The van der Waals surface area contributed by atoms with Gasteiger partial charge in [0, 0.05) is 39.6 Å². The maximum absolute atomic E-state index is 5.33. The molecule has 8 nitrogen and oxygen atoms in total. The van der Waals surface area contributed by atoms with Gasteiger partial charge in [0.2, 0.25) is 5.95 Å². The van der Waals surface area contributed by atoms with Gasteiger partial charge in [0.25, 0.3) is 0 Å². The highest BCUT2D eigenvalue weighted by atomic mass is 16.5. The van der Waals surface area contributed by atoms with Gasteiger partial charge in [0.15, 0.2) is 0 Å². The van der Waals surface area contributed by atoms with Gasteiger partial charge in [-0.1, -0.05) is 0 Å². The standard InChI is InChI=1S/C22H27N7O.2H2/c1-16-9-18(25-17-4-7-28(8-5-17)21-13-30-14-21)11-19(10-16)26-22-24-15-29(27-22)20-3-2-6-23-12-20;;/h2-3,6,9-12,15,17,21,25H,4-5,7-8,13-14H2,1H3,(H,26,27);2*1H. The number of hydrogen-bond acceptors (Lipinski definition) is 7. The number of ether oxygens (including phenoxy) is 1. The quantitative estimate of drug-likeness (QED) is 0.645. The van der Waals surface area contributed by atoms with E-state index in [9.17, 15) is 0 Å². The number of nitrogens with one attached hydrogen (secondary N) is 2. The zero-order valence-electron chi connectivity index (χ0n) is 17.2. The van der Waals surface area contributed by atoms with Crippen LogP contribution in [-0.2, 0) is 4.74 Å². The topological polar surface area (TPSA) is 80.1 Å². The van der Waals surface area contributed by atoms with Crippen LogP contribution >= 0.6 is 0 Å². The maximum atomic E-state index is 5.33. The van der Waals surface area contributed by atoms with Crippen molar-refractivity contribution in [1.82, 2.24) is 24.6 Å². The molecule has 0 amide bonds. The van der Waals surface area contributed by atoms with Crippen molar-refractivity contribution in [2.45, 2.75) is 31.8 Å². The fourth-order valence-corrected chi connectivity index (χ4v) is 4.08. The first-order valence-corrected chi connectivity index (χ1v) is 10.5. The number of rotatable bonds is 6. The summed E-state index contributed by atoms with van der Waals surface area (Å²) in [7, 11) is 0. The van der Waals surface area contributed by atoms with Crippen molar-refractivity contribution in [2.75, 3.05) is 36.9 Å². The van der Waals surface area contributed by atoms with E-state index < -0.39 is 0 Å². The van der Waals surface area contributed by atoms with E-state index in [4.69, 9.17) is 4.74 Å². The normalized spacial score (nSPS) is 18.2. The second-order valence-electron chi connectivity index (χ2n) is 8.08. The lowest BCUT2D eigenvalue weighted by Gasteiger charge is -2.41. The molecule has 160 valence electrons. The molecule has 3 aromatic rings. The Morgan fingerprint density at radius 2 is 1.97 bits per heavy atom. The van der Waals surface area contributed by atoms with Gasteiger partial charge in [0.1, 0.15) is 6.33 Å². The van der Waals surface area contributed by atoms with Crippen LogP contribution in [0.2, 0.25) is 0 Å². The van der Waals surface area contributed by atoms with Crippen molar-refractivity contribution >= 4 is 17.3 Å². The molecule has 0 atom stereocenters. The lowest BCUT2D eigenvalue weighted by Crippen LogP contribution is -2.53. The van der Waals surface area contributed by atoms with Gasteiger partial charge in [0.05, 0.1) is 31.1 Å². The van der Waals surface area contributed by atoms with Crippen molar-refractivity contribution in [2.24, 2.45) is 0 Å². The lowest BCUT2D eigenvalue weighted by atomic mass is 10.0. The molecule has 0 unspecified atom stereocenters. The van der Waals surface area contributed by atoms with E-state index in [-0.39, 0.29) is 2.85 Å². The van der Waals surface area contributed by atoms with Crippen LogP contribution in [0.1, 0.15) is 21.3 Å². The van der Waals surface area contributed by atoms with Gasteiger partial charge in [-0.25, -0.2) is 4.68 Å². The van der Waals surface area contributed by atoms with E-state index in [0.29, 0.717) is 18.0 Å². The van der Waals surface area contributed by atoms with Crippen molar-refractivity contribution in [3.63, 3.8) is 0 Å². The van der Waals surface area contributed by atoms with Crippen LogP contribution < -0.4 is 10.6 Å². The SMILES string of the molecule is Cc1cc(Nc2ncn(-c3cccnc3)n2)cc(NC2CCN(C3COC3)CC2)c1.[HH].[HH]. The van der Waals surface area contributed by atoms with Crippen molar-refractivity contribution in [3.8, 4) is 5.69 Å². The molecular weight excluding hydrogens is 378 g/mol. The lowest BCUT2D eigenvalue weighted by molar-refractivity contribution is -0.0705. The molecule has 0 aliphatic carbocycles. The molecule has 2 aromatic heterocycles. The summed E-state index contributed by atoms with van der Waals surface area (Å²) >= 11 is 0. The summed E-state index contributed by atoms with van der Waals surface area (Å²) in [6.45, 7) is 6.18. The average Bonchev–Trinajstić information content (AvgIpc) is 3.17. The molecule has 2 N–H and O–H groups in total. The smallest absolute Gasteiger partial charge is 0.246 e. The molecule has 30 heavy (non-hydrogen) atoms. The van der Waals surface area contributed by atoms with Gasteiger partial charge in [-0.2, -0.15) is 4.98 Å². The van der Waals surface area contributed by atoms with Crippen molar-refractivity contribution in [1.29, 1.82) is 0 Å². The van der Waals surface area contributed by atoms with Crippen LogP contribution in [0.25, 0.3) is 5.69 Å². The largest absolute Gasteiger partial charge is 0.382 e. The first kappa shape index (κ1) is 19.0. The fourth-order valence-electron chi connectivity index (χ4n) is 4.08. The molecule has 5 rings (SSSR count). The molecule has 0 radical (unpaired) electrons. The molecular formula is C22H31N7O. The van der Waals surface area contributed by atoms with E-state index in [1.165, 1.54) is 5.56 Å². The Labute approximate surface area is 179 Å². The minimum absolute atomic E-state index is 0. The number of anilines is 3. The maximum Gasteiger partial charge on any atom is 0.246 e. The summed E-state index contributed by atoms with van der Waals surface area (Å²) in [6, 6.07) is 11.4. The number of piperidine rings is 1. The Balaban J connectivity index is 0.00000144. The van der Waals surface area contributed by atoms with Crippen LogP contribution in [0.4, 0.5) is 17.3 Å². The minimum Gasteiger partial charge on any atom is -0.382 e. The number of likely N-dealkylation sites (tertiary alicyclic amines) is 1. The van der Waals surface area contributed by atoms with Crippen molar-refractivity contribution < 1.29 is 7.59 Å². The summed E-state index contributed by atoms with van der Waals surface area (Å²) in [5.74, 6) is 0.562. The minimum atomic E-state index is 0. The van der Waals surface area contributed by atoms with Gasteiger partial charge in [-0.3, -0.25) is 9.88 Å². The van der Waals surface area contributed by atoms with Gasteiger partial charge < -0.3 is 15.4 Å². The number of pyridine rings is 1. The molecule has 2 aliphatic rings. The number of benzene rings is 1. The molecule has 0 spiro atoms. The third-order valence-electron chi connectivity index (χ3n) is 5.77. The van der Waals surface area contributed by atoms with Gasteiger partial charge >= 0.3 is 0 Å². The fraction of sp³-hybridized carbons (Fsp3) is 0.409. The second-order valence-corrected chi connectivity index (χ2v) is 8.08. The molecule has 0 bridgehead atoms. The average molecular weight is 410 g/mol. The van der Waals surface area contributed by atoms with Crippen LogP contribution in [0, 0.1) is 6.92 Å². The number of hydrogen-bond donors (Lipinski definition) is 2. The Kier molecular flexibility index (Phi) is 5.33. The van der Waals surface area contributed by atoms with Crippen LogP contribution in [0.3, 0.4) is 0 Å². The van der Waals surface area contributed by atoms with Gasteiger partial charge in [-0.15, -0.1) is 5.10 Å². The Bertz CT molecular complexity index is 989. The predicted molar refractivity (Wildman–Crippen MR) is 121 cm³/mol. The first-order chi connectivity index (χ1) is 14.7. The first-order valence-electron chi connectivity index (χ1n) is 10.5. The zero-order valence-corrected chi connectivity index (χ0v) is 17.2. The highest BCUT2D eigenvalue weighted by Crippen LogP contribution is 2.25. The predicted octanol–water partition coefficient (Wildman–Crippen LogP) is 3.48. The van der Waals surface area contributed by atoms with Crippen LogP contribution in [0.5, 0.6) is 0 Å². The molecule has 4 heterocycles. The number of aryl methyl sites for hydroxylation is 1. The summed E-state index contributed by atoms with van der Waals surface area (Å²) in [4.78, 5) is 11.1. The molecule has 2 saturated heterocycles. The zero-order chi connectivity index (χ0) is 20.3. The number of nitrogens with zero attached hydrogens (tertiary/aromatic N) is 5. The van der Waals surface area contributed by atoms with Crippen molar-refractivity contribution in [3.05, 3.63) is 54.6 Å². The third-order valence-corrected chi connectivity index (χ3v) is 5.77. The molecule has 2 fully saturated rings. The van der Waals surface area contributed by atoms with E-state index in [1.54, 1.807) is 23.4 Å². The summed E-state index contributed by atoms with van der Waals surface area (Å²) < 4.78 is 7.05. The van der Waals surface area contributed by atoms with E-state index in [1.807, 2.05) is 12.1 Å². The highest BCUT2D eigenvalue weighted by Gasteiger charge is 2.29. The monoisotopic (exact) mass is 409 g/mol. The highest BCUT2D eigenvalue weighted by molar-refractivity contribution is 5.63. The molecule has 8 heteroatoms. The molecule has 0 saturated carbocycles. The molecule has 1 aromatic carbocycles. The van der Waals surface area contributed by atoms with E-state index in [0.717, 1.165) is 56.2 Å². The second kappa shape index (κ2) is 8.41. The Morgan fingerprint density at radius 3 is 2.70 bits per heavy atom. The number of aromatic nitrogens is 4. The summed E-state index contributed by atoms with van der Waals surface area (Å²) in [5.41, 5.74) is 4.18. The van der Waals surface area contributed by atoms with Crippen LogP contribution in [-0.4, -0.2) is 63.0 Å². The Morgan fingerprint density at radius 1 is 1.13 bits per heavy atom. The summed E-state index contributed by atoms with van der Waals surface area (Å²) in [5, 5.41) is 11.6. The molecule has 2 aliphatic heterocycles. The Hall–Kier alpha value is -2.97. The van der Waals surface area contributed by atoms with E-state index in [2.05, 4.69) is 55.7 Å². The van der Waals surface area contributed by atoms with E-state index >= 15 is 0 Å². The third kappa shape index (κ3) is 4.29.